The number of carbonyl (C=O) groups is 1. The first-order valence-electron chi connectivity index (χ1n) is 13.8. The van der Waals surface area contributed by atoms with E-state index in [0.717, 1.165) is 42.4 Å². The van der Waals surface area contributed by atoms with Crippen molar-refractivity contribution in [3.63, 3.8) is 0 Å². The Bertz CT molecular complexity index is 789. The monoisotopic (exact) mass is 498 g/mol. The normalized spacial score (nSPS) is 40.7. The van der Waals surface area contributed by atoms with Crippen LogP contribution in [0.15, 0.2) is 11.6 Å². The number of esters is 1. The summed E-state index contributed by atoms with van der Waals surface area (Å²) in [5.41, 5.74) is 1.90. The minimum Gasteiger partial charge on any atom is -0.457 e. The highest BCUT2D eigenvalue weighted by Crippen LogP contribution is 2.67. The maximum absolute atomic E-state index is 13.1. The van der Waals surface area contributed by atoms with Gasteiger partial charge in [-0.05, 0) is 103 Å². The third-order valence-electron chi connectivity index (χ3n) is 10.8. The average molecular weight is 499 g/mol. The summed E-state index contributed by atoms with van der Waals surface area (Å²) >= 11 is 4.88. The maximum atomic E-state index is 13.1. The van der Waals surface area contributed by atoms with Crippen LogP contribution in [0.1, 0.15) is 105 Å². The lowest BCUT2D eigenvalue weighted by atomic mass is 9.47. The quantitative estimate of drug-likeness (QED) is 0.199. The molecular formula is C29H45ClF2O2. The summed E-state index contributed by atoms with van der Waals surface area (Å²) in [6.45, 7) is 12.2. The molecule has 4 rings (SSSR count). The molecule has 0 heterocycles. The molecule has 0 spiro atoms. The Morgan fingerprint density at radius 1 is 1.12 bits per heavy atom. The first kappa shape index (κ1) is 26.4. The van der Waals surface area contributed by atoms with Crippen LogP contribution in [0.4, 0.5) is 8.78 Å². The van der Waals surface area contributed by atoms with Crippen LogP contribution >= 0.6 is 11.6 Å². The van der Waals surface area contributed by atoms with Gasteiger partial charge in [0.2, 0.25) is 0 Å². The first-order chi connectivity index (χ1) is 15.9. The van der Waals surface area contributed by atoms with E-state index in [1.807, 2.05) is 0 Å². The summed E-state index contributed by atoms with van der Waals surface area (Å²) in [6, 6.07) is 0. The summed E-state index contributed by atoms with van der Waals surface area (Å²) in [7, 11) is 0. The summed E-state index contributed by atoms with van der Waals surface area (Å²) < 4.78 is 31.4. The van der Waals surface area contributed by atoms with Crippen molar-refractivity contribution in [2.24, 2.45) is 46.3 Å². The van der Waals surface area contributed by atoms with E-state index in [-0.39, 0.29) is 5.41 Å². The van der Waals surface area contributed by atoms with Gasteiger partial charge < -0.3 is 4.74 Å². The zero-order chi connectivity index (χ0) is 24.9. The second-order valence-electron chi connectivity index (χ2n) is 13.1. The standard InChI is InChI=1S/C29H45ClF2O2/c1-18(2)7-6-8-19(3)23-11-12-24-22-10-9-20-17-21(34-26(33)29(30,31)32)13-15-27(20,4)25(22)14-16-28(23,24)5/h9,18-19,21-25H,6-8,10-17H2,1-5H3. The highest BCUT2D eigenvalue weighted by Gasteiger charge is 2.59. The number of allylic oxidation sites excluding steroid dienone is 1. The summed E-state index contributed by atoms with van der Waals surface area (Å²) in [5.74, 6) is 3.02. The van der Waals surface area contributed by atoms with Crippen LogP contribution in [-0.4, -0.2) is 17.5 Å². The minimum absolute atomic E-state index is 0.109. The van der Waals surface area contributed by atoms with E-state index >= 15 is 0 Å². The van der Waals surface area contributed by atoms with E-state index in [1.165, 1.54) is 50.5 Å². The third-order valence-corrected chi connectivity index (χ3v) is 10.9. The van der Waals surface area contributed by atoms with Crippen LogP contribution in [0.2, 0.25) is 0 Å². The Kier molecular flexibility index (Phi) is 7.52. The average Bonchev–Trinajstić information content (AvgIpc) is 3.10. The molecule has 8 unspecified atom stereocenters. The molecule has 2 nitrogen and oxygen atoms in total. The fraction of sp³-hybridized carbons (Fsp3) is 0.897. The molecule has 8 atom stereocenters. The number of ether oxygens (including phenoxy) is 1. The van der Waals surface area contributed by atoms with Gasteiger partial charge in [0.05, 0.1) is 0 Å². The van der Waals surface area contributed by atoms with Gasteiger partial charge in [-0.25, -0.2) is 4.79 Å². The lowest BCUT2D eigenvalue weighted by Crippen LogP contribution is -2.51. The number of hydrogen-bond acceptors (Lipinski definition) is 2. The molecule has 0 N–H and O–H groups in total. The maximum Gasteiger partial charge on any atom is 0.417 e. The van der Waals surface area contributed by atoms with E-state index in [1.54, 1.807) is 0 Å². The number of halogens is 3. The number of alkyl halides is 3. The van der Waals surface area contributed by atoms with Crippen molar-refractivity contribution in [2.75, 3.05) is 0 Å². The molecule has 0 aromatic heterocycles. The second kappa shape index (κ2) is 9.67. The van der Waals surface area contributed by atoms with Gasteiger partial charge in [-0.3, -0.25) is 0 Å². The van der Waals surface area contributed by atoms with Crippen LogP contribution in [-0.2, 0) is 9.53 Å². The molecule has 4 aliphatic carbocycles. The lowest BCUT2D eigenvalue weighted by Gasteiger charge is -2.58. The van der Waals surface area contributed by atoms with Crippen LogP contribution in [0.3, 0.4) is 0 Å². The second-order valence-corrected chi connectivity index (χ2v) is 13.5. The highest BCUT2D eigenvalue weighted by molar-refractivity contribution is 6.31. The molecule has 3 fully saturated rings. The van der Waals surface area contributed by atoms with Gasteiger partial charge in [0, 0.05) is 6.42 Å². The number of fused-ring (bicyclic) bond motifs is 5. The van der Waals surface area contributed by atoms with E-state index in [9.17, 15) is 13.6 Å². The van der Waals surface area contributed by atoms with Crippen LogP contribution < -0.4 is 0 Å². The molecule has 194 valence electrons. The van der Waals surface area contributed by atoms with Gasteiger partial charge in [0.1, 0.15) is 6.10 Å². The van der Waals surface area contributed by atoms with Crippen molar-refractivity contribution in [3.8, 4) is 0 Å². The largest absolute Gasteiger partial charge is 0.457 e. The molecule has 3 saturated carbocycles. The number of rotatable bonds is 7. The lowest BCUT2D eigenvalue weighted by molar-refractivity contribution is -0.169. The summed E-state index contributed by atoms with van der Waals surface area (Å²) in [6.07, 6.45) is 14.5. The smallest absolute Gasteiger partial charge is 0.417 e. The zero-order valence-corrected chi connectivity index (χ0v) is 22.6. The Hall–Kier alpha value is -0.640. The minimum atomic E-state index is -3.94. The van der Waals surface area contributed by atoms with E-state index < -0.39 is 17.5 Å². The third kappa shape index (κ3) is 4.83. The Balaban J connectivity index is 1.44. The fourth-order valence-electron chi connectivity index (χ4n) is 8.97. The molecule has 0 aromatic carbocycles. The molecule has 0 bridgehead atoms. The van der Waals surface area contributed by atoms with Gasteiger partial charge in [-0.2, -0.15) is 8.78 Å². The van der Waals surface area contributed by atoms with Crippen molar-refractivity contribution in [3.05, 3.63) is 11.6 Å². The molecule has 34 heavy (non-hydrogen) atoms. The Morgan fingerprint density at radius 2 is 1.85 bits per heavy atom. The summed E-state index contributed by atoms with van der Waals surface area (Å²) in [4.78, 5) is 11.6. The van der Waals surface area contributed by atoms with E-state index in [2.05, 4.69) is 40.7 Å². The molecular weight excluding hydrogens is 454 g/mol. The highest BCUT2D eigenvalue weighted by atomic mass is 35.5. The fourth-order valence-corrected chi connectivity index (χ4v) is 9.02. The SMILES string of the molecule is CC(C)CCCC(C)C1CCC2C3CC=C4CC(OC(=O)C(F)(F)Cl)CCC4(C)C3CCC12C. The van der Waals surface area contributed by atoms with Crippen LogP contribution in [0, 0.1) is 46.3 Å². The molecule has 0 aliphatic heterocycles. The Morgan fingerprint density at radius 3 is 2.53 bits per heavy atom. The van der Waals surface area contributed by atoms with Gasteiger partial charge in [0.15, 0.2) is 0 Å². The predicted octanol–water partition coefficient (Wildman–Crippen LogP) is 8.77. The molecule has 0 saturated heterocycles. The van der Waals surface area contributed by atoms with Crippen LogP contribution in [0.25, 0.3) is 0 Å². The van der Waals surface area contributed by atoms with Crippen molar-refractivity contribution in [1.82, 2.24) is 0 Å². The molecule has 0 radical (unpaired) electrons. The Labute approximate surface area is 210 Å². The predicted molar refractivity (Wildman–Crippen MR) is 134 cm³/mol. The van der Waals surface area contributed by atoms with Crippen molar-refractivity contribution >= 4 is 17.6 Å². The zero-order valence-electron chi connectivity index (χ0n) is 21.8. The van der Waals surface area contributed by atoms with E-state index in [0.29, 0.717) is 24.2 Å². The van der Waals surface area contributed by atoms with E-state index in [4.69, 9.17) is 16.3 Å². The number of hydrogen-bond donors (Lipinski definition) is 0. The van der Waals surface area contributed by atoms with Gasteiger partial charge >= 0.3 is 11.4 Å². The van der Waals surface area contributed by atoms with Crippen molar-refractivity contribution in [2.45, 2.75) is 117 Å². The van der Waals surface area contributed by atoms with Crippen molar-refractivity contribution < 1.29 is 18.3 Å². The molecule has 5 heteroatoms. The van der Waals surface area contributed by atoms with Crippen LogP contribution in [0.5, 0.6) is 0 Å². The van der Waals surface area contributed by atoms with Crippen molar-refractivity contribution in [1.29, 1.82) is 0 Å². The van der Waals surface area contributed by atoms with Gasteiger partial charge in [0.25, 0.3) is 0 Å². The molecule has 0 aromatic rings. The molecule has 0 amide bonds. The summed E-state index contributed by atoms with van der Waals surface area (Å²) in [5, 5.41) is -3.94. The van der Waals surface area contributed by atoms with Gasteiger partial charge in [-0.1, -0.05) is 65.5 Å². The first-order valence-corrected chi connectivity index (χ1v) is 14.2. The number of carbonyl (C=O) groups excluding carboxylic acids is 1. The topological polar surface area (TPSA) is 26.3 Å². The van der Waals surface area contributed by atoms with Gasteiger partial charge in [-0.15, -0.1) is 0 Å². The molecule has 4 aliphatic rings.